The second-order valence-corrected chi connectivity index (χ2v) is 14.8. The van der Waals surface area contributed by atoms with Crippen molar-refractivity contribution in [3.8, 4) is 28.7 Å². The second-order valence-electron chi connectivity index (χ2n) is 13.7. The molecule has 4 heterocycles. The predicted octanol–water partition coefficient (Wildman–Crippen LogP) is 14.3. The Morgan fingerprint density at radius 2 is 1.09 bits per heavy atom. The van der Waals surface area contributed by atoms with E-state index in [9.17, 15) is 0 Å². The molecule has 8 aromatic carbocycles. The average molecular weight is 712 g/mol. The summed E-state index contributed by atoms with van der Waals surface area (Å²) in [5, 5.41) is 4.92. The Labute approximate surface area is 314 Å². The van der Waals surface area contributed by atoms with Crippen LogP contribution in [0, 0.1) is 0 Å². The van der Waals surface area contributed by atoms with Gasteiger partial charge in [0.25, 0.3) is 0 Å². The van der Waals surface area contributed by atoms with Crippen molar-refractivity contribution >= 4 is 87.4 Å². The summed E-state index contributed by atoms with van der Waals surface area (Å²) in [6.07, 6.45) is 0. The third-order valence-electron chi connectivity index (χ3n) is 10.7. The zero-order valence-electron chi connectivity index (χ0n) is 28.8. The van der Waals surface area contributed by atoms with Crippen LogP contribution in [0.15, 0.2) is 176 Å². The second kappa shape index (κ2) is 11.2. The highest BCUT2D eigenvalue weighted by Gasteiger charge is 2.35. The SMILES string of the molecule is c1ccc(-n2c3ccccc3c3ccc(N(c4ccc5c(c4)Oc4cccc6c4N5c4ccccc4O6)c4cccc5sc6ccccc6c45)cc32)cc1. The first-order chi connectivity index (χ1) is 26.8. The summed E-state index contributed by atoms with van der Waals surface area (Å²) in [6, 6.07) is 62.4. The van der Waals surface area contributed by atoms with Gasteiger partial charge in [-0.25, -0.2) is 0 Å². The van der Waals surface area contributed by atoms with Crippen LogP contribution in [-0.2, 0) is 0 Å². The van der Waals surface area contributed by atoms with E-state index in [4.69, 9.17) is 9.47 Å². The molecular weight excluding hydrogens is 683 g/mol. The third-order valence-corrected chi connectivity index (χ3v) is 11.9. The molecule has 0 atom stereocenters. The Bertz CT molecular complexity index is 3150. The molecule has 0 spiro atoms. The fraction of sp³-hybridized carbons (Fsp3) is 0. The zero-order chi connectivity index (χ0) is 35.3. The van der Waals surface area contributed by atoms with Crippen LogP contribution in [0.4, 0.5) is 34.1 Å². The van der Waals surface area contributed by atoms with Crippen LogP contribution < -0.4 is 19.3 Å². The van der Waals surface area contributed by atoms with Gasteiger partial charge in [0.1, 0.15) is 5.69 Å². The van der Waals surface area contributed by atoms with Gasteiger partial charge in [0, 0.05) is 48.4 Å². The Balaban J connectivity index is 1.12. The molecule has 0 saturated heterocycles. The first-order valence-electron chi connectivity index (χ1n) is 18.1. The van der Waals surface area contributed by atoms with Crippen LogP contribution in [0.5, 0.6) is 23.0 Å². The van der Waals surface area contributed by atoms with Gasteiger partial charge in [-0.15, -0.1) is 11.3 Å². The van der Waals surface area contributed by atoms with Crippen molar-refractivity contribution in [2.24, 2.45) is 0 Å². The monoisotopic (exact) mass is 711 g/mol. The Hall–Kier alpha value is -7.02. The fourth-order valence-electron chi connectivity index (χ4n) is 8.45. The van der Waals surface area contributed by atoms with E-state index in [1.165, 1.54) is 36.5 Å². The minimum Gasteiger partial charge on any atom is -0.453 e. The standard InChI is InChI=1S/C48H29N3O2S/c1-2-12-30(13-3-1)50-36-16-6-4-14-33(36)34-26-24-31(28-40(34)50)49(39-18-10-23-46-47(39)35-15-5-9-22-45(35)54-46)32-25-27-38-44(29-32)53-43-21-11-20-42-48(43)51(38)37-17-7-8-19-41(37)52-42/h1-29H. The highest BCUT2D eigenvalue weighted by molar-refractivity contribution is 7.26. The van der Waals surface area contributed by atoms with Crippen molar-refractivity contribution in [3.05, 3.63) is 176 Å². The van der Waals surface area contributed by atoms with E-state index in [0.29, 0.717) is 0 Å². The van der Waals surface area contributed by atoms with Gasteiger partial charge >= 0.3 is 0 Å². The molecule has 0 unspecified atom stereocenters. The van der Waals surface area contributed by atoms with Crippen LogP contribution in [0.3, 0.4) is 0 Å². The molecule has 0 aliphatic carbocycles. The summed E-state index contributed by atoms with van der Waals surface area (Å²) in [6.45, 7) is 0. The number of para-hydroxylation sites is 5. The van der Waals surface area contributed by atoms with Crippen molar-refractivity contribution in [1.82, 2.24) is 4.57 Å². The largest absolute Gasteiger partial charge is 0.453 e. The van der Waals surface area contributed by atoms with E-state index in [0.717, 1.165) is 68.3 Å². The maximum absolute atomic E-state index is 6.78. The lowest BCUT2D eigenvalue weighted by atomic mass is 10.1. The number of nitrogens with zero attached hydrogens (tertiary/aromatic N) is 3. The molecule has 12 rings (SSSR count). The molecule has 2 aliphatic rings. The molecule has 54 heavy (non-hydrogen) atoms. The lowest BCUT2D eigenvalue weighted by Gasteiger charge is -2.38. The minimum absolute atomic E-state index is 0.762. The number of hydrogen-bond donors (Lipinski definition) is 0. The molecule has 0 bridgehead atoms. The van der Waals surface area contributed by atoms with Crippen molar-refractivity contribution in [2.75, 3.05) is 9.80 Å². The molecule has 0 saturated carbocycles. The maximum Gasteiger partial charge on any atom is 0.155 e. The number of benzene rings is 8. The van der Waals surface area contributed by atoms with Gasteiger partial charge in [-0.3, -0.25) is 4.90 Å². The van der Waals surface area contributed by atoms with E-state index in [1.807, 2.05) is 41.7 Å². The van der Waals surface area contributed by atoms with Crippen molar-refractivity contribution < 1.29 is 9.47 Å². The summed E-state index contributed by atoms with van der Waals surface area (Å²) < 4.78 is 18.0. The molecule has 6 heteroatoms. The van der Waals surface area contributed by atoms with E-state index >= 15 is 0 Å². The molecule has 0 amide bonds. The van der Waals surface area contributed by atoms with E-state index in [1.54, 1.807) is 0 Å². The summed E-state index contributed by atoms with van der Waals surface area (Å²) in [4.78, 5) is 4.67. The zero-order valence-corrected chi connectivity index (χ0v) is 29.6. The number of ether oxygens (including phenoxy) is 2. The van der Waals surface area contributed by atoms with Gasteiger partial charge in [-0.05, 0) is 84.9 Å². The number of fused-ring (bicyclic) bond motifs is 10. The summed E-state index contributed by atoms with van der Waals surface area (Å²) in [5.74, 6) is 3.14. The number of anilines is 6. The third kappa shape index (κ3) is 4.20. The molecule has 2 aromatic heterocycles. The van der Waals surface area contributed by atoms with Gasteiger partial charge in [0.2, 0.25) is 0 Å². The van der Waals surface area contributed by atoms with Crippen molar-refractivity contribution in [2.45, 2.75) is 0 Å². The predicted molar refractivity (Wildman–Crippen MR) is 223 cm³/mol. The maximum atomic E-state index is 6.78. The van der Waals surface area contributed by atoms with Crippen LogP contribution in [0.25, 0.3) is 47.7 Å². The Kier molecular flexibility index (Phi) is 6.15. The molecule has 0 fully saturated rings. The van der Waals surface area contributed by atoms with Crippen molar-refractivity contribution in [3.63, 3.8) is 0 Å². The van der Waals surface area contributed by atoms with Gasteiger partial charge in [-0.1, -0.05) is 84.9 Å². The number of aromatic nitrogens is 1. The average Bonchev–Trinajstić information content (AvgIpc) is 3.77. The lowest BCUT2D eigenvalue weighted by molar-refractivity contribution is 0.446. The Morgan fingerprint density at radius 3 is 2.00 bits per heavy atom. The molecule has 5 nitrogen and oxygen atoms in total. The van der Waals surface area contributed by atoms with Crippen LogP contribution in [0.1, 0.15) is 0 Å². The van der Waals surface area contributed by atoms with E-state index < -0.39 is 0 Å². The van der Waals surface area contributed by atoms with Gasteiger partial charge in [0.05, 0.1) is 33.8 Å². The van der Waals surface area contributed by atoms with E-state index in [2.05, 4.69) is 160 Å². The van der Waals surface area contributed by atoms with Crippen molar-refractivity contribution in [1.29, 1.82) is 0 Å². The first-order valence-corrected chi connectivity index (χ1v) is 18.9. The number of hydrogen-bond acceptors (Lipinski definition) is 5. The molecule has 10 aromatic rings. The summed E-state index contributed by atoms with van der Waals surface area (Å²) in [5.41, 5.74) is 9.49. The number of thiophene rings is 1. The van der Waals surface area contributed by atoms with Crippen LogP contribution in [0.2, 0.25) is 0 Å². The van der Waals surface area contributed by atoms with Gasteiger partial charge in [0.15, 0.2) is 23.0 Å². The first kappa shape index (κ1) is 29.5. The highest BCUT2D eigenvalue weighted by Crippen LogP contribution is 2.60. The normalized spacial score (nSPS) is 12.7. The minimum atomic E-state index is 0.762. The lowest BCUT2D eigenvalue weighted by Crippen LogP contribution is -2.20. The smallest absolute Gasteiger partial charge is 0.155 e. The van der Waals surface area contributed by atoms with Gasteiger partial charge < -0.3 is 18.9 Å². The molecule has 254 valence electrons. The number of rotatable bonds is 4. The Morgan fingerprint density at radius 1 is 0.444 bits per heavy atom. The summed E-state index contributed by atoms with van der Waals surface area (Å²) in [7, 11) is 0. The van der Waals surface area contributed by atoms with E-state index in [-0.39, 0.29) is 0 Å². The summed E-state index contributed by atoms with van der Waals surface area (Å²) >= 11 is 1.83. The highest BCUT2D eigenvalue weighted by atomic mass is 32.1. The molecule has 0 N–H and O–H groups in total. The fourth-order valence-corrected chi connectivity index (χ4v) is 9.58. The van der Waals surface area contributed by atoms with Gasteiger partial charge in [-0.2, -0.15) is 0 Å². The van der Waals surface area contributed by atoms with Crippen LogP contribution in [-0.4, -0.2) is 4.57 Å². The molecule has 0 radical (unpaired) electrons. The topological polar surface area (TPSA) is 29.9 Å². The van der Waals surface area contributed by atoms with Crippen LogP contribution >= 0.6 is 11.3 Å². The molecular formula is C48H29N3O2S. The quantitative estimate of drug-likeness (QED) is 0.182. The molecule has 2 aliphatic heterocycles.